The van der Waals surface area contributed by atoms with Gasteiger partial charge in [-0.25, -0.2) is 0 Å². The number of rotatable bonds is 5. The molecular formula is C22H35F3IN5O. The molecule has 1 aromatic rings. The maximum absolute atomic E-state index is 13.1. The number of alkyl halides is 3. The third-order valence-corrected chi connectivity index (χ3v) is 5.78. The maximum atomic E-state index is 13.1. The van der Waals surface area contributed by atoms with Crippen molar-refractivity contribution in [2.45, 2.75) is 25.6 Å². The minimum atomic E-state index is -4.36. The van der Waals surface area contributed by atoms with Crippen molar-refractivity contribution in [1.82, 2.24) is 20.0 Å². The van der Waals surface area contributed by atoms with Gasteiger partial charge in [-0.05, 0) is 51.2 Å². The van der Waals surface area contributed by atoms with E-state index < -0.39 is 17.8 Å². The van der Waals surface area contributed by atoms with Crippen molar-refractivity contribution in [3.05, 3.63) is 35.4 Å². The van der Waals surface area contributed by atoms with Crippen molar-refractivity contribution < 1.29 is 17.9 Å². The van der Waals surface area contributed by atoms with E-state index in [-0.39, 0.29) is 24.0 Å². The van der Waals surface area contributed by atoms with Crippen molar-refractivity contribution in [1.29, 1.82) is 0 Å². The number of benzene rings is 1. The van der Waals surface area contributed by atoms with Crippen LogP contribution in [0.2, 0.25) is 0 Å². The zero-order valence-electron chi connectivity index (χ0n) is 18.9. The second-order valence-corrected chi connectivity index (χ2v) is 8.16. The predicted octanol–water partition coefficient (Wildman–Crippen LogP) is 3.30. The van der Waals surface area contributed by atoms with Crippen LogP contribution in [0.5, 0.6) is 0 Å². The molecule has 0 radical (unpaired) electrons. The standard InChI is InChI=1S/C22H34F3N5O.HI/c1-3-26-21(27-8-11-29-10-5-9-28(2)12-13-29)30-14-15-31-20(17-30)18-6-4-7-19(16-18)22(23,24)25;/h4,6-7,16,20H,3,5,8-15,17H2,1-2H3,(H,26,27);1H. The summed E-state index contributed by atoms with van der Waals surface area (Å²) in [5.74, 6) is 0.801. The lowest BCUT2D eigenvalue weighted by Gasteiger charge is -2.35. The second-order valence-electron chi connectivity index (χ2n) is 8.16. The Morgan fingerprint density at radius 1 is 1.19 bits per heavy atom. The number of likely N-dealkylation sites (N-methyl/N-ethyl adjacent to an activating group) is 1. The van der Waals surface area contributed by atoms with E-state index in [4.69, 9.17) is 9.73 Å². The molecule has 1 aromatic carbocycles. The van der Waals surface area contributed by atoms with Crippen molar-refractivity contribution in [2.24, 2.45) is 4.99 Å². The van der Waals surface area contributed by atoms with Crippen LogP contribution in [0, 0.1) is 0 Å². The molecule has 2 aliphatic heterocycles. The summed E-state index contributed by atoms with van der Waals surface area (Å²) in [6.45, 7) is 10.3. The van der Waals surface area contributed by atoms with Crippen LogP contribution in [0.4, 0.5) is 13.2 Å². The van der Waals surface area contributed by atoms with Crippen LogP contribution in [0.15, 0.2) is 29.3 Å². The highest BCUT2D eigenvalue weighted by molar-refractivity contribution is 14.0. The molecule has 0 amide bonds. The minimum Gasteiger partial charge on any atom is -0.370 e. The SMILES string of the molecule is CCNC(=NCCN1CCCN(C)CC1)N1CCOC(c2cccc(C(F)(F)F)c2)C1.I. The van der Waals surface area contributed by atoms with E-state index >= 15 is 0 Å². The Morgan fingerprint density at radius 3 is 2.75 bits per heavy atom. The highest BCUT2D eigenvalue weighted by atomic mass is 127. The largest absolute Gasteiger partial charge is 0.416 e. The first kappa shape index (κ1) is 27.1. The molecule has 0 aromatic heterocycles. The highest BCUT2D eigenvalue weighted by Gasteiger charge is 2.32. The molecule has 1 N–H and O–H groups in total. The summed E-state index contributed by atoms with van der Waals surface area (Å²) >= 11 is 0. The zero-order chi connectivity index (χ0) is 22.3. The van der Waals surface area contributed by atoms with Gasteiger partial charge in [0.05, 0.1) is 25.3 Å². The average molecular weight is 569 g/mol. The van der Waals surface area contributed by atoms with Crippen LogP contribution in [-0.2, 0) is 10.9 Å². The Hall–Kier alpha value is -1.11. The Bertz CT molecular complexity index is 734. The molecule has 182 valence electrons. The molecule has 2 saturated heterocycles. The number of morpholine rings is 1. The number of ether oxygens (including phenoxy) is 1. The van der Waals surface area contributed by atoms with E-state index in [0.717, 1.165) is 51.3 Å². The first-order chi connectivity index (χ1) is 14.9. The van der Waals surface area contributed by atoms with Gasteiger partial charge in [0.2, 0.25) is 0 Å². The number of guanidine groups is 1. The summed E-state index contributed by atoms with van der Waals surface area (Å²) < 4.78 is 45.1. The van der Waals surface area contributed by atoms with Gasteiger partial charge in [0, 0.05) is 32.7 Å². The molecule has 0 saturated carbocycles. The minimum absolute atomic E-state index is 0. The molecule has 2 aliphatic rings. The summed E-state index contributed by atoms with van der Waals surface area (Å²) in [5, 5.41) is 3.33. The summed E-state index contributed by atoms with van der Waals surface area (Å²) in [5.41, 5.74) is -0.0987. The Labute approximate surface area is 206 Å². The van der Waals surface area contributed by atoms with Gasteiger partial charge in [-0.1, -0.05) is 12.1 Å². The molecule has 1 atom stereocenters. The molecule has 2 heterocycles. The number of aliphatic imine (C=N–C) groups is 1. The molecule has 0 aliphatic carbocycles. The number of hydrogen-bond donors (Lipinski definition) is 1. The summed E-state index contributed by atoms with van der Waals surface area (Å²) in [6, 6.07) is 5.42. The Morgan fingerprint density at radius 2 is 2.00 bits per heavy atom. The third-order valence-electron chi connectivity index (χ3n) is 5.78. The maximum Gasteiger partial charge on any atom is 0.416 e. The molecule has 3 rings (SSSR count). The fourth-order valence-corrected chi connectivity index (χ4v) is 4.01. The zero-order valence-corrected chi connectivity index (χ0v) is 21.2. The number of hydrogen-bond acceptors (Lipinski definition) is 4. The van der Waals surface area contributed by atoms with Gasteiger partial charge in [0.1, 0.15) is 6.10 Å². The topological polar surface area (TPSA) is 43.3 Å². The molecule has 32 heavy (non-hydrogen) atoms. The molecule has 0 bridgehead atoms. The molecule has 10 heteroatoms. The van der Waals surface area contributed by atoms with Gasteiger partial charge >= 0.3 is 6.18 Å². The fourth-order valence-electron chi connectivity index (χ4n) is 4.01. The highest BCUT2D eigenvalue weighted by Crippen LogP contribution is 2.32. The summed E-state index contributed by atoms with van der Waals surface area (Å²) in [7, 11) is 2.16. The molecule has 1 unspecified atom stereocenters. The summed E-state index contributed by atoms with van der Waals surface area (Å²) in [6.07, 6.45) is -3.60. The van der Waals surface area contributed by atoms with Gasteiger partial charge in [-0.2, -0.15) is 13.2 Å². The van der Waals surface area contributed by atoms with E-state index in [9.17, 15) is 13.2 Å². The van der Waals surface area contributed by atoms with E-state index in [2.05, 4.69) is 27.1 Å². The average Bonchev–Trinajstić information content (AvgIpc) is 2.97. The van der Waals surface area contributed by atoms with Gasteiger partial charge in [-0.15, -0.1) is 24.0 Å². The molecular weight excluding hydrogens is 534 g/mol. The smallest absolute Gasteiger partial charge is 0.370 e. The predicted molar refractivity (Wildman–Crippen MR) is 132 cm³/mol. The van der Waals surface area contributed by atoms with Crippen LogP contribution in [0.1, 0.15) is 30.6 Å². The van der Waals surface area contributed by atoms with Crippen LogP contribution in [-0.4, -0.2) is 93.2 Å². The lowest BCUT2D eigenvalue weighted by Crippen LogP contribution is -2.48. The molecule has 2 fully saturated rings. The summed E-state index contributed by atoms with van der Waals surface area (Å²) in [4.78, 5) is 11.7. The van der Waals surface area contributed by atoms with Crippen molar-refractivity contribution in [3.8, 4) is 0 Å². The fraction of sp³-hybridized carbons (Fsp3) is 0.682. The van der Waals surface area contributed by atoms with Crippen molar-refractivity contribution >= 4 is 29.9 Å². The second kappa shape index (κ2) is 13.0. The first-order valence-electron chi connectivity index (χ1n) is 11.1. The van der Waals surface area contributed by atoms with E-state index in [1.165, 1.54) is 18.6 Å². The van der Waals surface area contributed by atoms with Gasteiger partial charge in [0.15, 0.2) is 5.96 Å². The lowest BCUT2D eigenvalue weighted by atomic mass is 10.0. The molecule has 6 nitrogen and oxygen atoms in total. The van der Waals surface area contributed by atoms with Crippen LogP contribution >= 0.6 is 24.0 Å². The van der Waals surface area contributed by atoms with Crippen LogP contribution < -0.4 is 5.32 Å². The van der Waals surface area contributed by atoms with Gasteiger partial charge < -0.3 is 24.8 Å². The van der Waals surface area contributed by atoms with E-state index in [0.29, 0.717) is 31.8 Å². The third kappa shape index (κ3) is 8.03. The van der Waals surface area contributed by atoms with Crippen molar-refractivity contribution in [3.63, 3.8) is 0 Å². The lowest BCUT2D eigenvalue weighted by molar-refractivity contribution is -0.137. The molecule has 0 spiro atoms. The van der Waals surface area contributed by atoms with Gasteiger partial charge in [0.25, 0.3) is 0 Å². The quantitative estimate of drug-likeness (QED) is 0.335. The number of nitrogens with one attached hydrogen (secondary N) is 1. The van der Waals surface area contributed by atoms with Crippen LogP contribution in [0.25, 0.3) is 0 Å². The van der Waals surface area contributed by atoms with Crippen molar-refractivity contribution in [2.75, 3.05) is 72.6 Å². The van der Waals surface area contributed by atoms with E-state index in [1.54, 1.807) is 6.07 Å². The Balaban J connectivity index is 0.00000363. The van der Waals surface area contributed by atoms with E-state index in [1.807, 2.05) is 6.92 Å². The van der Waals surface area contributed by atoms with Gasteiger partial charge in [-0.3, -0.25) is 4.99 Å². The normalized spacial score (nSPS) is 21.7. The Kier molecular flexibility index (Phi) is 11.0. The van der Waals surface area contributed by atoms with Crippen LogP contribution in [0.3, 0.4) is 0 Å². The first-order valence-corrected chi connectivity index (χ1v) is 11.1. The number of halogens is 4. The monoisotopic (exact) mass is 569 g/mol. The number of nitrogens with zero attached hydrogens (tertiary/aromatic N) is 4.